The minimum absolute atomic E-state index is 0.691. The van der Waals surface area contributed by atoms with E-state index < -0.39 is 0 Å². The molecule has 0 saturated heterocycles. The van der Waals surface area contributed by atoms with Gasteiger partial charge in [0.1, 0.15) is 0 Å². The van der Waals surface area contributed by atoms with Crippen LogP contribution in [-0.4, -0.2) is 12.6 Å². The molecule has 1 N–H and O–H groups in total. The topological polar surface area (TPSA) is 12.0 Å². The van der Waals surface area contributed by atoms with Gasteiger partial charge in [-0.25, -0.2) is 0 Å². The van der Waals surface area contributed by atoms with Gasteiger partial charge in [0.2, 0.25) is 0 Å². The second kappa shape index (κ2) is 5.99. The van der Waals surface area contributed by atoms with Crippen molar-refractivity contribution in [3.05, 3.63) is 59.1 Å². The van der Waals surface area contributed by atoms with Crippen LogP contribution in [0, 0.1) is 0 Å². The van der Waals surface area contributed by atoms with Gasteiger partial charge < -0.3 is 5.32 Å². The molecule has 0 heterocycles. The van der Waals surface area contributed by atoms with Gasteiger partial charge in [0.15, 0.2) is 0 Å². The first-order valence-electron chi connectivity index (χ1n) is 7.37. The molecule has 2 heteroatoms. The monoisotopic (exact) mass is 285 g/mol. The van der Waals surface area contributed by atoms with Crippen LogP contribution in [0.1, 0.15) is 31.2 Å². The highest BCUT2D eigenvalue weighted by Crippen LogP contribution is 2.41. The molecule has 3 rings (SSSR count). The lowest BCUT2D eigenvalue weighted by Gasteiger charge is -2.05. The standard InChI is InChI=1S/C18H20ClN/c1-2-11-20-18-12-17(18)15-5-3-13(4-6-15)14-7-9-16(19)10-8-14/h3-10,17-18,20H,2,11-12H2,1H3/t17-,18+/m0/s1. The molecule has 0 aliphatic heterocycles. The van der Waals surface area contributed by atoms with E-state index in [-0.39, 0.29) is 0 Å². The molecule has 0 amide bonds. The van der Waals surface area contributed by atoms with Crippen molar-refractivity contribution in [3.8, 4) is 11.1 Å². The molecule has 0 aromatic heterocycles. The van der Waals surface area contributed by atoms with Crippen LogP contribution >= 0.6 is 11.6 Å². The van der Waals surface area contributed by atoms with Crippen molar-refractivity contribution in [2.75, 3.05) is 6.54 Å². The van der Waals surface area contributed by atoms with Crippen LogP contribution < -0.4 is 5.32 Å². The van der Waals surface area contributed by atoms with E-state index in [1.807, 2.05) is 12.1 Å². The molecule has 1 nitrogen and oxygen atoms in total. The van der Waals surface area contributed by atoms with Crippen molar-refractivity contribution in [2.45, 2.75) is 31.7 Å². The molecule has 0 bridgehead atoms. The first kappa shape index (κ1) is 13.7. The largest absolute Gasteiger partial charge is 0.313 e. The average Bonchev–Trinajstić information content (AvgIpc) is 3.26. The van der Waals surface area contributed by atoms with Crippen molar-refractivity contribution >= 4 is 11.6 Å². The van der Waals surface area contributed by atoms with Gasteiger partial charge in [-0.3, -0.25) is 0 Å². The van der Waals surface area contributed by atoms with Crippen LogP contribution in [0.4, 0.5) is 0 Å². The summed E-state index contributed by atoms with van der Waals surface area (Å²) < 4.78 is 0. The third-order valence-electron chi connectivity index (χ3n) is 3.96. The van der Waals surface area contributed by atoms with E-state index in [2.05, 4.69) is 48.6 Å². The Morgan fingerprint density at radius 3 is 2.20 bits per heavy atom. The highest BCUT2D eigenvalue weighted by Gasteiger charge is 2.37. The second-order valence-corrected chi connectivity index (χ2v) is 5.97. The molecule has 0 unspecified atom stereocenters. The highest BCUT2D eigenvalue weighted by atomic mass is 35.5. The molecule has 2 aromatic carbocycles. The zero-order valence-electron chi connectivity index (χ0n) is 11.8. The summed E-state index contributed by atoms with van der Waals surface area (Å²) in [6.45, 7) is 3.34. The quantitative estimate of drug-likeness (QED) is 0.827. The Morgan fingerprint density at radius 2 is 1.60 bits per heavy atom. The number of nitrogens with one attached hydrogen (secondary N) is 1. The number of hydrogen-bond donors (Lipinski definition) is 1. The molecule has 20 heavy (non-hydrogen) atoms. The smallest absolute Gasteiger partial charge is 0.0406 e. The van der Waals surface area contributed by atoms with E-state index in [0.717, 1.165) is 11.6 Å². The Balaban J connectivity index is 1.68. The molecule has 2 atom stereocenters. The molecule has 104 valence electrons. The fourth-order valence-corrected chi connectivity index (χ4v) is 2.81. The SMILES string of the molecule is CCCN[C@@H]1C[C@H]1c1ccc(-c2ccc(Cl)cc2)cc1. The Hall–Kier alpha value is -1.31. The summed E-state index contributed by atoms with van der Waals surface area (Å²) in [6, 6.07) is 17.7. The summed E-state index contributed by atoms with van der Waals surface area (Å²) in [7, 11) is 0. The van der Waals surface area contributed by atoms with E-state index >= 15 is 0 Å². The normalized spacial score (nSPS) is 20.9. The Kier molecular flexibility index (Phi) is 4.09. The van der Waals surface area contributed by atoms with Gasteiger partial charge in [-0.05, 0) is 48.2 Å². The van der Waals surface area contributed by atoms with Crippen LogP contribution in [0.15, 0.2) is 48.5 Å². The number of hydrogen-bond acceptors (Lipinski definition) is 1. The van der Waals surface area contributed by atoms with Gasteiger partial charge in [0, 0.05) is 17.0 Å². The predicted molar refractivity (Wildman–Crippen MR) is 86.3 cm³/mol. The fraction of sp³-hybridized carbons (Fsp3) is 0.333. The highest BCUT2D eigenvalue weighted by molar-refractivity contribution is 6.30. The van der Waals surface area contributed by atoms with E-state index in [0.29, 0.717) is 12.0 Å². The number of halogens is 1. The average molecular weight is 286 g/mol. The Morgan fingerprint density at radius 1 is 1.00 bits per heavy atom. The van der Waals surface area contributed by atoms with Crippen LogP contribution in [-0.2, 0) is 0 Å². The zero-order chi connectivity index (χ0) is 13.9. The van der Waals surface area contributed by atoms with E-state index in [4.69, 9.17) is 11.6 Å². The minimum atomic E-state index is 0.691. The Bertz CT molecular complexity index is 559. The second-order valence-electron chi connectivity index (χ2n) is 5.53. The minimum Gasteiger partial charge on any atom is -0.313 e. The lowest BCUT2D eigenvalue weighted by Crippen LogP contribution is -2.18. The van der Waals surface area contributed by atoms with Gasteiger partial charge in [-0.2, -0.15) is 0 Å². The maximum Gasteiger partial charge on any atom is 0.0406 e. The summed E-state index contributed by atoms with van der Waals surface area (Å²) >= 11 is 5.92. The van der Waals surface area contributed by atoms with Gasteiger partial charge in [0.25, 0.3) is 0 Å². The number of benzene rings is 2. The summed E-state index contributed by atoms with van der Waals surface area (Å²) in [6.07, 6.45) is 2.49. The first-order valence-corrected chi connectivity index (χ1v) is 7.75. The third kappa shape index (κ3) is 3.05. The molecule has 1 aliphatic rings. The molecular weight excluding hydrogens is 266 g/mol. The summed E-state index contributed by atoms with van der Waals surface area (Å²) in [5.41, 5.74) is 3.93. The van der Waals surface area contributed by atoms with E-state index in [9.17, 15) is 0 Å². The summed E-state index contributed by atoms with van der Waals surface area (Å²) in [5, 5.41) is 4.38. The van der Waals surface area contributed by atoms with E-state index in [1.54, 1.807) is 0 Å². The fourth-order valence-electron chi connectivity index (χ4n) is 2.68. The number of rotatable bonds is 5. The lowest BCUT2D eigenvalue weighted by molar-refractivity contribution is 0.658. The van der Waals surface area contributed by atoms with Gasteiger partial charge in [0.05, 0.1) is 0 Å². The van der Waals surface area contributed by atoms with Crippen LogP contribution in [0.25, 0.3) is 11.1 Å². The predicted octanol–water partition coefficient (Wildman–Crippen LogP) is 4.86. The van der Waals surface area contributed by atoms with Crippen molar-refractivity contribution in [1.29, 1.82) is 0 Å². The Labute approximate surface area is 126 Å². The zero-order valence-corrected chi connectivity index (χ0v) is 12.5. The van der Waals surface area contributed by atoms with Crippen LogP contribution in [0.5, 0.6) is 0 Å². The lowest BCUT2D eigenvalue weighted by atomic mass is 10.0. The molecule has 1 aliphatic carbocycles. The molecule has 1 fully saturated rings. The van der Waals surface area contributed by atoms with Crippen molar-refractivity contribution in [2.24, 2.45) is 0 Å². The molecule has 0 spiro atoms. The molecule has 0 radical (unpaired) electrons. The summed E-state index contributed by atoms with van der Waals surface area (Å²) in [4.78, 5) is 0. The van der Waals surface area contributed by atoms with Crippen molar-refractivity contribution < 1.29 is 0 Å². The van der Waals surface area contributed by atoms with Gasteiger partial charge in [-0.1, -0.05) is 54.9 Å². The molecular formula is C18H20ClN. The van der Waals surface area contributed by atoms with Gasteiger partial charge >= 0.3 is 0 Å². The van der Waals surface area contributed by atoms with Gasteiger partial charge in [-0.15, -0.1) is 0 Å². The third-order valence-corrected chi connectivity index (χ3v) is 4.22. The maximum absolute atomic E-state index is 5.92. The van der Waals surface area contributed by atoms with E-state index in [1.165, 1.54) is 29.5 Å². The van der Waals surface area contributed by atoms with Crippen LogP contribution in [0.2, 0.25) is 5.02 Å². The van der Waals surface area contributed by atoms with Crippen molar-refractivity contribution in [1.82, 2.24) is 5.32 Å². The van der Waals surface area contributed by atoms with Crippen LogP contribution in [0.3, 0.4) is 0 Å². The molecule has 1 saturated carbocycles. The first-order chi connectivity index (χ1) is 9.78. The van der Waals surface area contributed by atoms with Crippen molar-refractivity contribution in [3.63, 3.8) is 0 Å². The maximum atomic E-state index is 5.92. The molecule has 2 aromatic rings. The summed E-state index contributed by atoms with van der Waals surface area (Å²) in [5.74, 6) is 0.709.